The first kappa shape index (κ1) is 14.1. The van der Waals surface area contributed by atoms with Gasteiger partial charge in [0.15, 0.2) is 0 Å². The van der Waals surface area contributed by atoms with Crippen molar-refractivity contribution >= 4 is 5.69 Å². The molecule has 1 aliphatic rings. The van der Waals surface area contributed by atoms with Gasteiger partial charge in [-0.1, -0.05) is 78.9 Å². The van der Waals surface area contributed by atoms with E-state index in [1.165, 1.54) is 22.4 Å². The molecule has 1 aliphatic heterocycles. The second kappa shape index (κ2) is 6.29. The second-order valence-corrected chi connectivity index (χ2v) is 6.19. The lowest BCUT2D eigenvalue weighted by Crippen LogP contribution is -2.28. The largest absolute Gasteiger partial charge is 0.364 e. The van der Waals surface area contributed by atoms with Crippen LogP contribution in [0.5, 0.6) is 0 Å². The fourth-order valence-electron chi connectivity index (χ4n) is 3.61. The van der Waals surface area contributed by atoms with Gasteiger partial charge in [0.2, 0.25) is 0 Å². The van der Waals surface area contributed by atoms with Gasteiger partial charge in [-0.25, -0.2) is 0 Å². The molecule has 4 rings (SSSR count). The van der Waals surface area contributed by atoms with Gasteiger partial charge in [0.05, 0.1) is 6.04 Å². The van der Waals surface area contributed by atoms with Crippen LogP contribution in [0.25, 0.3) is 0 Å². The van der Waals surface area contributed by atoms with E-state index in [1.807, 2.05) is 0 Å². The third-order valence-corrected chi connectivity index (χ3v) is 4.76. The summed E-state index contributed by atoms with van der Waals surface area (Å²) in [7, 11) is 0. The first-order valence-corrected chi connectivity index (χ1v) is 8.35. The Balaban J connectivity index is 1.72. The smallest absolute Gasteiger partial charge is 0.0582 e. The molecule has 1 heterocycles. The van der Waals surface area contributed by atoms with Crippen LogP contribution in [-0.4, -0.2) is 6.54 Å². The van der Waals surface area contributed by atoms with Crippen molar-refractivity contribution in [3.8, 4) is 0 Å². The maximum absolute atomic E-state index is 2.58. The zero-order valence-electron chi connectivity index (χ0n) is 13.2. The van der Waals surface area contributed by atoms with Crippen molar-refractivity contribution in [3.05, 3.63) is 102 Å². The van der Waals surface area contributed by atoms with Crippen LogP contribution in [0.3, 0.4) is 0 Å². The van der Waals surface area contributed by atoms with Crippen molar-refractivity contribution < 1.29 is 0 Å². The molecular weight excluding hydrogens is 278 g/mol. The van der Waals surface area contributed by atoms with E-state index >= 15 is 0 Å². The van der Waals surface area contributed by atoms with E-state index in [2.05, 4.69) is 89.8 Å². The lowest BCUT2D eigenvalue weighted by Gasteiger charge is -2.31. The number of benzene rings is 3. The molecule has 1 unspecified atom stereocenters. The maximum atomic E-state index is 2.58. The number of fused-ring (bicyclic) bond motifs is 1. The molecule has 0 spiro atoms. The molecular formula is C22H21N. The summed E-state index contributed by atoms with van der Waals surface area (Å²) in [6.07, 6.45) is 2.19. The van der Waals surface area contributed by atoms with Crippen LogP contribution in [-0.2, 0) is 12.8 Å². The Bertz CT molecular complexity index is 764. The molecule has 0 saturated carbocycles. The molecule has 3 aromatic carbocycles. The Kier molecular flexibility index (Phi) is 3.85. The molecule has 0 saturated heterocycles. The Labute approximate surface area is 138 Å². The second-order valence-electron chi connectivity index (χ2n) is 6.19. The zero-order valence-corrected chi connectivity index (χ0v) is 13.2. The monoisotopic (exact) mass is 299 g/mol. The molecule has 0 aliphatic carbocycles. The summed E-state index contributed by atoms with van der Waals surface area (Å²) in [6, 6.07) is 31.0. The van der Waals surface area contributed by atoms with E-state index in [1.54, 1.807) is 0 Å². The van der Waals surface area contributed by atoms with Crippen LogP contribution >= 0.6 is 0 Å². The predicted molar refractivity (Wildman–Crippen MR) is 96.8 cm³/mol. The van der Waals surface area contributed by atoms with Crippen LogP contribution in [0.15, 0.2) is 84.9 Å². The highest BCUT2D eigenvalue weighted by molar-refractivity contribution is 5.59. The normalized spacial score (nSPS) is 14.5. The summed E-state index contributed by atoms with van der Waals surface area (Å²) in [5.74, 6) is 0. The van der Waals surface area contributed by atoms with Crippen LogP contribution in [0.1, 0.15) is 22.7 Å². The van der Waals surface area contributed by atoms with Crippen molar-refractivity contribution in [3.63, 3.8) is 0 Å². The highest BCUT2D eigenvalue weighted by Crippen LogP contribution is 2.36. The quantitative estimate of drug-likeness (QED) is 0.653. The van der Waals surface area contributed by atoms with E-state index in [-0.39, 0.29) is 0 Å². The van der Waals surface area contributed by atoms with Gasteiger partial charge in [0, 0.05) is 12.2 Å². The van der Waals surface area contributed by atoms with Gasteiger partial charge in [0.1, 0.15) is 0 Å². The number of para-hydroxylation sites is 1. The van der Waals surface area contributed by atoms with Crippen molar-refractivity contribution in [2.45, 2.75) is 18.9 Å². The molecule has 1 heteroatoms. The molecule has 1 nitrogen and oxygen atoms in total. The average molecular weight is 299 g/mol. The molecule has 23 heavy (non-hydrogen) atoms. The minimum atomic E-state index is 0.391. The SMILES string of the molecule is c1ccc(CC(c2ccccc2)N2CCc3ccccc32)cc1. The Morgan fingerprint density at radius 1 is 0.739 bits per heavy atom. The highest BCUT2D eigenvalue weighted by Gasteiger charge is 2.26. The fraction of sp³-hybridized carbons (Fsp3) is 0.182. The number of hydrogen-bond donors (Lipinski definition) is 0. The average Bonchev–Trinajstić information content (AvgIpc) is 3.05. The molecule has 0 fully saturated rings. The maximum Gasteiger partial charge on any atom is 0.0582 e. The molecule has 114 valence electrons. The molecule has 3 aromatic rings. The molecule has 0 bridgehead atoms. The van der Waals surface area contributed by atoms with Crippen molar-refractivity contribution in [1.29, 1.82) is 0 Å². The van der Waals surface area contributed by atoms with Gasteiger partial charge in [-0.3, -0.25) is 0 Å². The predicted octanol–water partition coefficient (Wildman–Crippen LogP) is 5.03. The molecule has 1 atom stereocenters. The topological polar surface area (TPSA) is 3.24 Å². The number of rotatable bonds is 4. The molecule has 0 amide bonds. The van der Waals surface area contributed by atoms with Crippen LogP contribution < -0.4 is 4.90 Å². The van der Waals surface area contributed by atoms with Gasteiger partial charge >= 0.3 is 0 Å². The van der Waals surface area contributed by atoms with Gasteiger partial charge in [-0.2, -0.15) is 0 Å². The van der Waals surface area contributed by atoms with Crippen molar-refractivity contribution in [1.82, 2.24) is 0 Å². The Hall–Kier alpha value is -2.54. The lowest BCUT2D eigenvalue weighted by atomic mass is 9.97. The van der Waals surface area contributed by atoms with Gasteiger partial charge in [-0.05, 0) is 35.6 Å². The standard InChI is InChI=1S/C22H21N/c1-3-9-18(10-4-1)17-22(19-11-5-2-6-12-19)23-16-15-20-13-7-8-14-21(20)23/h1-14,22H,15-17H2. The molecule has 0 N–H and O–H groups in total. The summed E-state index contributed by atoms with van der Waals surface area (Å²) in [5, 5.41) is 0. The van der Waals surface area contributed by atoms with Crippen LogP contribution in [0.4, 0.5) is 5.69 Å². The third kappa shape index (κ3) is 2.87. The number of hydrogen-bond acceptors (Lipinski definition) is 1. The van der Waals surface area contributed by atoms with E-state index in [9.17, 15) is 0 Å². The van der Waals surface area contributed by atoms with E-state index in [0.717, 1.165) is 19.4 Å². The van der Waals surface area contributed by atoms with Crippen molar-refractivity contribution in [2.24, 2.45) is 0 Å². The fourth-order valence-corrected chi connectivity index (χ4v) is 3.61. The van der Waals surface area contributed by atoms with Crippen LogP contribution in [0, 0.1) is 0 Å². The lowest BCUT2D eigenvalue weighted by molar-refractivity contribution is 0.636. The summed E-state index contributed by atoms with van der Waals surface area (Å²) in [5.41, 5.74) is 5.66. The minimum absolute atomic E-state index is 0.391. The van der Waals surface area contributed by atoms with Gasteiger partial charge in [-0.15, -0.1) is 0 Å². The van der Waals surface area contributed by atoms with E-state index in [4.69, 9.17) is 0 Å². The Morgan fingerprint density at radius 2 is 1.39 bits per heavy atom. The highest BCUT2D eigenvalue weighted by atomic mass is 15.2. The summed E-state index contributed by atoms with van der Waals surface area (Å²) < 4.78 is 0. The number of nitrogens with zero attached hydrogens (tertiary/aromatic N) is 1. The van der Waals surface area contributed by atoms with E-state index < -0.39 is 0 Å². The number of anilines is 1. The van der Waals surface area contributed by atoms with Crippen LogP contribution in [0.2, 0.25) is 0 Å². The third-order valence-electron chi connectivity index (χ3n) is 4.76. The summed E-state index contributed by atoms with van der Waals surface area (Å²) in [6.45, 7) is 1.10. The molecule has 0 radical (unpaired) electrons. The zero-order chi connectivity index (χ0) is 15.5. The first-order valence-electron chi connectivity index (χ1n) is 8.35. The Morgan fingerprint density at radius 3 is 2.17 bits per heavy atom. The van der Waals surface area contributed by atoms with E-state index in [0.29, 0.717) is 6.04 Å². The summed E-state index contributed by atoms with van der Waals surface area (Å²) in [4.78, 5) is 2.58. The minimum Gasteiger partial charge on any atom is -0.364 e. The van der Waals surface area contributed by atoms with Crippen molar-refractivity contribution in [2.75, 3.05) is 11.4 Å². The first-order chi connectivity index (χ1) is 11.4. The molecule has 0 aromatic heterocycles. The van der Waals surface area contributed by atoms with Gasteiger partial charge < -0.3 is 4.90 Å². The van der Waals surface area contributed by atoms with Gasteiger partial charge in [0.25, 0.3) is 0 Å². The summed E-state index contributed by atoms with van der Waals surface area (Å²) >= 11 is 0.